The molecule has 0 heterocycles. The lowest BCUT2D eigenvalue weighted by Crippen LogP contribution is -2.13. The highest BCUT2D eigenvalue weighted by Crippen LogP contribution is 2.37. The zero-order valence-electron chi connectivity index (χ0n) is 24.2. The monoisotopic (exact) mass is 506 g/mol. The molecule has 4 rings (SSSR count). The topological polar surface area (TPSA) is 0 Å². The van der Waals surface area contributed by atoms with Crippen molar-refractivity contribution in [2.24, 2.45) is 5.92 Å². The average Bonchev–Trinajstić information content (AvgIpc) is 2.96. The van der Waals surface area contributed by atoms with Crippen molar-refractivity contribution in [3.05, 3.63) is 82.9 Å². The van der Waals surface area contributed by atoms with E-state index >= 15 is 0 Å². The highest BCUT2D eigenvalue weighted by atomic mass is 14.3. The van der Waals surface area contributed by atoms with Gasteiger partial charge in [-0.1, -0.05) is 126 Å². The van der Waals surface area contributed by atoms with Crippen LogP contribution in [0.2, 0.25) is 0 Å². The maximum Gasteiger partial charge on any atom is 0.0255 e. The molecule has 3 aromatic rings. The number of unbranched alkanes of at least 4 members (excludes halogenated alkanes) is 8. The number of benzene rings is 3. The van der Waals surface area contributed by atoms with E-state index in [4.69, 9.17) is 0 Å². The second-order valence-electron chi connectivity index (χ2n) is 11.9. The molecule has 0 aliphatic heterocycles. The molecule has 0 N–H and O–H groups in total. The van der Waals surface area contributed by atoms with Crippen LogP contribution in [0.25, 0.3) is 10.8 Å². The van der Waals surface area contributed by atoms with Crippen LogP contribution in [-0.2, 0) is 6.42 Å². The molecule has 1 saturated carbocycles. The van der Waals surface area contributed by atoms with Crippen LogP contribution in [0, 0.1) is 17.8 Å². The van der Waals surface area contributed by atoms with Crippen LogP contribution in [0.15, 0.2) is 60.7 Å². The molecule has 202 valence electrons. The van der Waals surface area contributed by atoms with E-state index in [1.54, 1.807) is 0 Å². The lowest BCUT2D eigenvalue weighted by atomic mass is 9.77. The molecular weight excluding hydrogens is 456 g/mol. The summed E-state index contributed by atoms with van der Waals surface area (Å²) in [6.45, 7) is 4.59. The van der Waals surface area contributed by atoms with Gasteiger partial charge < -0.3 is 0 Å². The van der Waals surface area contributed by atoms with Gasteiger partial charge in [0.15, 0.2) is 0 Å². The van der Waals surface area contributed by atoms with Crippen molar-refractivity contribution in [1.82, 2.24) is 0 Å². The Morgan fingerprint density at radius 1 is 0.579 bits per heavy atom. The van der Waals surface area contributed by atoms with Crippen molar-refractivity contribution in [3.8, 4) is 11.8 Å². The summed E-state index contributed by atoms with van der Waals surface area (Å²) in [5.74, 6) is 8.54. The smallest absolute Gasteiger partial charge is 0.0255 e. The fourth-order valence-electron chi connectivity index (χ4n) is 6.27. The Labute approximate surface area is 233 Å². The average molecular weight is 507 g/mol. The maximum atomic E-state index is 3.41. The van der Waals surface area contributed by atoms with E-state index in [2.05, 4.69) is 86.4 Å². The summed E-state index contributed by atoms with van der Waals surface area (Å²) in [5.41, 5.74) is 5.20. The van der Waals surface area contributed by atoms with Gasteiger partial charge in [0.05, 0.1) is 0 Å². The van der Waals surface area contributed by atoms with Crippen LogP contribution < -0.4 is 0 Å². The quantitative estimate of drug-likeness (QED) is 0.160. The van der Waals surface area contributed by atoms with Crippen molar-refractivity contribution < 1.29 is 0 Å². The summed E-state index contributed by atoms with van der Waals surface area (Å²) >= 11 is 0. The standard InChI is InChI=1S/C38H50/c1-3-5-7-9-10-12-14-33-21-27-38-30-34(22-28-37(38)29-33)16-15-32-19-25-36(26-20-32)35-23-17-31(18-24-35)13-11-8-6-4-2/h19-22,25-31,35H,3-14,17-18,23-24H2,1-2H3. The lowest BCUT2D eigenvalue weighted by molar-refractivity contribution is 0.302. The van der Waals surface area contributed by atoms with Crippen LogP contribution in [0.1, 0.15) is 138 Å². The van der Waals surface area contributed by atoms with Gasteiger partial charge in [-0.3, -0.25) is 0 Å². The van der Waals surface area contributed by atoms with Gasteiger partial charge in [0, 0.05) is 11.1 Å². The molecule has 0 atom stereocenters. The fraction of sp³-hybridized carbons (Fsp3) is 0.526. The van der Waals surface area contributed by atoms with Crippen molar-refractivity contribution in [1.29, 1.82) is 0 Å². The maximum absolute atomic E-state index is 3.41. The Morgan fingerprint density at radius 2 is 1.18 bits per heavy atom. The highest BCUT2D eigenvalue weighted by molar-refractivity contribution is 5.84. The Balaban J connectivity index is 1.26. The molecule has 1 fully saturated rings. The Hall–Kier alpha value is -2.52. The van der Waals surface area contributed by atoms with Crippen LogP contribution in [0.4, 0.5) is 0 Å². The summed E-state index contributed by atoms with van der Waals surface area (Å²) in [6.07, 6.45) is 22.0. The molecular formula is C38H50. The highest BCUT2D eigenvalue weighted by Gasteiger charge is 2.21. The lowest BCUT2D eigenvalue weighted by Gasteiger charge is -2.29. The van der Waals surface area contributed by atoms with Crippen LogP contribution in [-0.4, -0.2) is 0 Å². The number of hydrogen-bond donors (Lipinski definition) is 0. The normalized spacial score (nSPS) is 17.3. The van der Waals surface area contributed by atoms with Crippen molar-refractivity contribution >= 4 is 10.8 Å². The Morgan fingerprint density at radius 3 is 1.95 bits per heavy atom. The third kappa shape index (κ3) is 9.05. The summed E-state index contributed by atoms with van der Waals surface area (Å²) in [6, 6.07) is 22.8. The van der Waals surface area contributed by atoms with Gasteiger partial charge in [-0.2, -0.15) is 0 Å². The van der Waals surface area contributed by atoms with Crippen LogP contribution in [0.5, 0.6) is 0 Å². The number of fused-ring (bicyclic) bond motifs is 1. The zero-order chi connectivity index (χ0) is 26.4. The second-order valence-corrected chi connectivity index (χ2v) is 11.9. The minimum absolute atomic E-state index is 0.746. The Kier molecular flexibility index (Phi) is 11.8. The predicted molar refractivity (Wildman–Crippen MR) is 167 cm³/mol. The van der Waals surface area contributed by atoms with Gasteiger partial charge in [0.2, 0.25) is 0 Å². The molecule has 0 amide bonds. The number of rotatable bonds is 13. The molecule has 1 aliphatic carbocycles. The third-order valence-electron chi connectivity index (χ3n) is 8.77. The fourth-order valence-corrected chi connectivity index (χ4v) is 6.27. The van der Waals surface area contributed by atoms with Crippen LogP contribution in [0.3, 0.4) is 0 Å². The molecule has 38 heavy (non-hydrogen) atoms. The van der Waals surface area contributed by atoms with E-state index in [0.717, 1.165) is 23.0 Å². The Bertz CT molecular complexity index is 1150. The number of aryl methyl sites for hydroxylation is 1. The van der Waals surface area contributed by atoms with E-state index in [-0.39, 0.29) is 0 Å². The molecule has 0 nitrogen and oxygen atoms in total. The summed E-state index contributed by atoms with van der Waals surface area (Å²) in [5, 5.41) is 2.62. The first-order chi connectivity index (χ1) is 18.7. The van der Waals surface area contributed by atoms with E-state index in [1.807, 2.05) is 0 Å². The van der Waals surface area contributed by atoms with Crippen molar-refractivity contribution in [2.75, 3.05) is 0 Å². The molecule has 3 aromatic carbocycles. The van der Waals surface area contributed by atoms with Gasteiger partial charge in [0.25, 0.3) is 0 Å². The van der Waals surface area contributed by atoms with Gasteiger partial charge in [-0.15, -0.1) is 0 Å². The molecule has 0 spiro atoms. The summed E-state index contributed by atoms with van der Waals surface area (Å²) in [4.78, 5) is 0. The minimum Gasteiger partial charge on any atom is -0.0654 e. The molecule has 0 bridgehead atoms. The first kappa shape index (κ1) is 28.5. The molecule has 0 unspecified atom stereocenters. The van der Waals surface area contributed by atoms with Crippen LogP contribution >= 0.6 is 0 Å². The zero-order valence-corrected chi connectivity index (χ0v) is 24.2. The van der Waals surface area contributed by atoms with Gasteiger partial charge in [0.1, 0.15) is 0 Å². The first-order valence-corrected chi connectivity index (χ1v) is 15.9. The summed E-state index contributed by atoms with van der Waals surface area (Å²) in [7, 11) is 0. The largest absolute Gasteiger partial charge is 0.0654 e. The van der Waals surface area contributed by atoms with Crippen molar-refractivity contribution in [2.45, 2.75) is 122 Å². The van der Waals surface area contributed by atoms with E-state index in [1.165, 1.54) is 125 Å². The van der Waals surface area contributed by atoms with Crippen molar-refractivity contribution in [3.63, 3.8) is 0 Å². The molecule has 0 aromatic heterocycles. The summed E-state index contributed by atoms with van der Waals surface area (Å²) < 4.78 is 0. The minimum atomic E-state index is 0.746. The predicted octanol–water partition coefficient (Wildman–Crippen LogP) is 11.4. The molecule has 0 saturated heterocycles. The second kappa shape index (κ2) is 15.8. The third-order valence-corrected chi connectivity index (χ3v) is 8.77. The number of hydrogen-bond acceptors (Lipinski definition) is 0. The molecule has 1 aliphatic rings. The van der Waals surface area contributed by atoms with E-state index in [0.29, 0.717) is 0 Å². The molecule has 0 heteroatoms. The van der Waals surface area contributed by atoms with E-state index in [9.17, 15) is 0 Å². The van der Waals surface area contributed by atoms with Gasteiger partial charge in [-0.25, -0.2) is 0 Å². The molecule has 0 radical (unpaired) electrons. The van der Waals surface area contributed by atoms with E-state index < -0.39 is 0 Å². The SMILES string of the molecule is CCCCCCCCc1ccc2cc(C#Cc3ccc(C4CCC(CCCCCC)CC4)cc3)ccc2c1. The first-order valence-electron chi connectivity index (χ1n) is 15.9. The van der Waals surface area contributed by atoms with Gasteiger partial charge in [-0.05, 0) is 96.5 Å². The van der Waals surface area contributed by atoms with Gasteiger partial charge >= 0.3 is 0 Å².